The van der Waals surface area contributed by atoms with Gasteiger partial charge in [0.25, 0.3) is 0 Å². The largest absolute Gasteiger partial charge is 0.361 e. The van der Waals surface area contributed by atoms with E-state index < -0.39 is 0 Å². The van der Waals surface area contributed by atoms with Gasteiger partial charge in [0, 0.05) is 32.9 Å². The Morgan fingerprint density at radius 1 is 1.15 bits per heavy atom. The summed E-state index contributed by atoms with van der Waals surface area (Å²) in [6.45, 7) is 4.02. The highest BCUT2D eigenvalue weighted by atomic mass is 16.2. The molecule has 7 nitrogen and oxygen atoms in total. The highest BCUT2D eigenvalue weighted by Crippen LogP contribution is 2.25. The second-order valence-electron chi connectivity index (χ2n) is 6.59. The Kier molecular flexibility index (Phi) is 5.55. The minimum Gasteiger partial charge on any atom is -0.361 e. The molecular weight excluding hydrogens is 328 g/mol. The summed E-state index contributed by atoms with van der Waals surface area (Å²) >= 11 is 0. The molecular formula is C19H26N6O. The van der Waals surface area contributed by atoms with Crippen molar-refractivity contribution in [3.05, 3.63) is 36.0 Å². The molecule has 1 saturated heterocycles. The number of urea groups is 1. The average molecular weight is 354 g/mol. The maximum Gasteiger partial charge on any atom is 0.323 e. The molecule has 138 valence electrons. The highest BCUT2D eigenvalue weighted by molar-refractivity contribution is 6.01. The molecule has 1 aliphatic rings. The van der Waals surface area contributed by atoms with Crippen LogP contribution in [0.5, 0.6) is 0 Å². The van der Waals surface area contributed by atoms with Gasteiger partial charge in [0.2, 0.25) is 5.95 Å². The zero-order chi connectivity index (χ0) is 18.5. The van der Waals surface area contributed by atoms with Crippen LogP contribution in [-0.4, -0.2) is 43.2 Å². The second-order valence-corrected chi connectivity index (χ2v) is 6.59. The second kappa shape index (κ2) is 8.03. The molecule has 7 heteroatoms. The fraction of sp³-hybridized carbons (Fsp3) is 0.421. The number of amides is 2. The molecule has 0 aliphatic carbocycles. The smallest absolute Gasteiger partial charge is 0.323 e. The Balaban J connectivity index is 1.76. The Bertz CT molecular complexity index is 770. The molecule has 0 radical (unpaired) electrons. The number of hydrogen-bond donors (Lipinski definition) is 2. The predicted octanol–water partition coefficient (Wildman–Crippen LogP) is 3.35. The van der Waals surface area contributed by atoms with Gasteiger partial charge in [-0.2, -0.15) is 4.98 Å². The monoisotopic (exact) mass is 354 g/mol. The number of rotatable bonds is 5. The first-order valence-corrected chi connectivity index (χ1v) is 9.03. The number of benzene rings is 1. The summed E-state index contributed by atoms with van der Waals surface area (Å²) in [5, 5.41) is 5.79. The van der Waals surface area contributed by atoms with E-state index in [-0.39, 0.29) is 6.03 Å². The van der Waals surface area contributed by atoms with Crippen molar-refractivity contribution in [1.29, 1.82) is 0 Å². The molecule has 2 N–H and O–H groups in total. The van der Waals surface area contributed by atoms with Crippen molar-refractivity contribution in [2.24, 2.45) is 0 Å². The van der Waals surface area contributed by atoms with E-state index in [0.29, 0.717) is 17.5 Å². The van der Waals surface area contributed by atoms with E-state index in [1.54, 1.807) is 6.20 Å². The van der Waals surface area contributed by atoms with Gasteiger partial charge in [0.15, 0.2) is 5.82 Å². The number of carbonyl (C=O) groups excluding carboxylic acids is 1. The van der Waals surface area contributed by atoms with E-state index in [1.165, 1.54) is 12.8 Å². The summed E-state index contributed by atoms with van der Waals surface area (Å²) < 4.78 is 0. The third-order valence-corrected chi connectivity index (χ3v) is 4.46. The number of anilines is 4. The molecule has 2 aromatic rings. The molecule has 2 heterocycles. The van der Waals surface area contributed by atoms with Gasteiger partial charge in [0.05, 0.1) is 6.20 Å². The zero-order valence-corrected chi connectivity index (χ0v) is 15.6. The van der Waals surface area contributed by atoms with Crippen molar-refractivity contribution in [2.75, 3.05) is 47.6 Å². The summed E-state index contributed by atoms with van der Waals surface area (Å²) in [7, 11) is 3.82. The van der Waals surface area contributed by atoms with Crippen molar-refractivity contribution in [3.8, 4) is 0 Å². The van der Waals surface area contributed by atoms with E-state index in [2.05, 4.69) is 32.4 Å². The molecule has 3 rings (SSSR count). The molecule has 26 heavy (non-hydrogen) atoms. The summed E-state index contributed by atoms with van der Waals surface area (Å²) in [5.74, 6) is 1.41. The van der Waals surface area contributed by atoms with Crippen LogP contribution < -0.4 is 20.4 Å². The van der Waals surface area contributed by atoms with Crippen LogP contribution in [0.15, 0.2) is 30.5 Å². The molecule has 1 aromatic carbocycles. The van der Waals surface area contributed by atoms with Crippen molar-refractivity contribution < 1.29 is 4.79 Å². The average Bonchev–Trinajstić information content (AvgIpc) is 3.17. The third-order valence-electron chi connectivity index (χ3n) is 4.46. The maximum absolute atomic E-state index is 12.5. The topological polar surface area (TPSA) is 73.4 Å². The Morgan fingerprint density at radius 3 is 2.54 bits per heavy atom. The quantitative estimate of drug-likeness (QED) is 0.861. The Morgan fingerprint density at radius 2 is 1.85 bits per heavy atom. The summed E-state index contributed by atoms with van der Waals surface area (Å²) in [6, 6.07) is 7.49. The van der Waals surface area contributed by atoms with Crippen LogP contribution in [0.1, 0.15) is 25.3 Å². The molecule has 0 saturated carbocycles. The standard InChI is InChI=1S/C19H26N6O/c1-4-14-9-5-6-10-15(14)21-19(26)22-16-13-20-18(23-17(16)24(2)3)25-11-7-8-12-25/h5-6,9-10,13H,4,7-8,11-12H2,1-3H3,(H2,21,22,26). The van der Waals surface area contributed by atoms with Gasteiger partial charge in [-0.1, -0.05) is 25.1 Å². The zero-order valence-electron chi connectivity index (χ0n) is 15.6. The van der Waals surface area contributed by atoms with E-state index in [9.17, 15) is 4.79 Å². The van der Waals surface area contributed by atoms with Gasteiger partial charge in [0.1, 0.15) is 5.69 Å². The third kappa shape index (κ3) is 4.04. The van der Waals surface area contributed by atoms with Crippen molar-refractivity contribution >= 4 is 29.2 Å². The first-order valence-electron chi connectivity index (χ1n) is 9.03. The number of nitrogens with one attached hydrogen (secondary N) is 2. The number of aromatic nitrogens is 2. The molecule has 0 spiro atoms. The fourth-order valence-corrected chi connectivity index (χ4v) is 3.09. The van der Waals surface area contributed by atoms with E-state index >= 15 is 0 Å². The number of para-hydroxylation sites is 1. The predicted molar refractivity (Wildman–Crippen MR) is 106 cm³/mol. The van der Waals surface area contributed by atoms with E-state index in [0.717, 1.165) is 30.8 Å². The van der Waals surface area contributed by atoms with Gasteiger partial charge in [-0.05, 0) is 30.9 Å². The lowest BCUT2D eigenvalue weighted by atomic mass is 10.1. The highest BCUT2D eigenvalue weighted by Gasteiger charge is 2.18. The van der Waals surface area contributed by atoms with Gasteiger partial charge >= 0.3 is 6.03 Å². The summed E-state index contributed by atoms with van der Waals surface area (Å²) in [5.41, 5.74) is 2.49. The Labute approximate surface area is 154 Å². The lowest BCUT2D eigenvalue weighted by molar-refractivity contribution is 0.262. The van der Waals surface area contributed by atoms with Crippen molar-refractivity contribution in [3.63, 3.8) is 0 Å². The van der Waals surface area contributed by atoms with E-state index in [4.69, 9.17) is 0 Å². The van der Waals surface area contributed by atoms with Crippen LogP contribution >= 0.6 is 0 Å². The molecule has 0 unspecified atom stereocenters. The fourth-order valence-electron chi connectivity index (χ4n) is 3.09. The SMILES string of the molecule is CCc1ccccc1NC(=O)Nc1cnc(N2CCCC2)nc1N(C)C. The minimum absolute atomic E-state index is 0.300. The molecule has 2 amide bonds. The molecule has 1 aliphatic heterocycles. The van der Waals surface area contributed by atoms with Crippen LogP contribution in [-0.2, 0) is 6.42 Å². The minimum atomic E-state index is -0.300. The number of hydrogen-bond acceptors (Lipinski definition) is 5. The molecule has 1 fully saturated rings. The maximum atomic E-state index is 12.5. The number of nitrogens with zero attached hydrogens (tertiary/aromatic N) is 4. The van der Waals surface area contributed by atoms with Crippen LogP contribution in [0.4, 0.5) is 27.9 Å². The Hall–Kier alpha value is -2.83. The lowest BCUT2D eigenvalue weighted by Gasteiger charge is -2.21. The van der Waals surface area contributed by atoms with Crippen LogP contribution in [0.2, 0.25) is 0 Å². The summed E-state index contributed by atoms with van der Waals surface area (Å²) in [6.07, 6.45) is 4.87. The van der Waals surface area contributed by atoms with E-state index in [1.807, 2.05) is 43.3 Å². The van der Waals surface area contributed by atoms with Crippen LogP contribution in [0.25, 0.3) is 0 Å². The lowest BCUT2D eigenvalue weighted by Crippen LogP contribution is -2.25. The number of aryl methyl sites for hydroxylation is 1. The molecule has 0 atom stereocenters. The van der Waals surface area contributed by atoms with Gasteiger partial charge in [-0.15, -0.1) is 0 Å². The molecule has 0 bridgehead atoms. The van der Waals surface area contributed by atoms with Gasteiger partial charge < -0.3 is 20.4 Å². The molecule has 1 aromatic heterocycles. The van der Waals surface area contributed by atoms with Crippen molar-refractivity contribution in [2.45, 2.75) is 26.2 Å². The normalized spacial score (nSPS) is 13.6. The first kappa shape index (κ1) is 18.0. The van der Waals surface area contributed by atoms with Crippen LogP contribution in [0, 0.1) is 0 Å². The van der Waals surface area contributed by atoms with Gasteiger partial charge in [-0.3, -0.25) is 0 Å². The summed E-state index contributed by atoms with van der Waals surface area (Å²) in [4.78, 5) is 25.6. The number of carbonyl (C=O) groups is 1. The first-order chi connectivity index (χ1) is 12.6. The van der Waals surface area contributed by atoms with Crippen molar-refractivity contribution in [1.82, 2.24) is 9.97 Å². The van der Waals surface area contributed by atoms with Crippen LogP contribution in [0.3, 0.4) is 0 Å². The van der Waals surface area contributed by atoms with Gasteiger partial charge in [-0.25, -0.2) is 9.78 Å².